The van der Waals surface area contributed by atoms with E-state index >= 15 is 0 Å². The Bertz CT molecular complexity index is 550. The van der Waals surface area contributed by atoms with E-state index in [4.69, 9.17) is 0 Å². The van der Waals surface area contributed by atoms with Gasteiger partial charge in [0, 0.05) is 0 Å². The molecule has 0 heterocycles. The van der Waals surface area contributed by atoms with Crippen molar-refractivity contribution < 1.29 is 5.21 Å². The Balaban J connectivity index is 2.22. The van der Waals surface area contributed by atoms with E-state index in [1.165, 1.54) is 11.1 Å². The molecule has 1 aliphatic carbocycles. The van der Waals surface area contributed by atoms with E-state index < -0.39 is 0 Å². The Morgan fingerprint density at radius 2 is 1.35 bits per heavy atom. The summed E-state index contributed by atoms with van der Waals surface area (Å²) in [5, 5.41) is 13.2. The van der Waals surface area contributed by atoms with Crippen LogP contribution < -0.4 is 0 Å². The van der Waals surface area contributed by atoms with Crippen LogP contribution in [0.25, 0.3) is 0 Å². The summed E-state index contributed by atoms with van der Waals surface area (Å²) in [4.78, 5) is 0. The molecule has 1 aliphatic rings. The fourth-order valence-corrected chi connectivity index (χ4v) is 3.41. The molecular formula is C18H19NO. The van der Waals surface area contributed by atoms with Gasteiger partial charge < -0.3 is 5.21 Å². The molecule has 2 nitrogen and oxygen atoms in total. The second kappa shape index (κ2) is 5.49. The van der Waals surface area contributed by atoms with Crippen LogP contribution >= 0.6 is 0 Å². The summed E-state index contributed by atoms with van der Waals surface area (Å²) in [7, 11) is 0. The standard InChI is InChI=1S/C18H19NO/c20-19-17-13-7-8-14-18(17,15-9-3-1-4-10-15)16-11-5-2-6-12-16/h1-6,9-12,20H,7-8,13-14H2. The van der Waals surface area contributed by atoms with E-state index in [1.54, 1.807) is 0 Å². The van der Waals surface area contributed by atoms with Crippen molar-refractivity contribution >= 4 is 5.71 Å². The third kappa shape index (κ3) is 2.01. The molecule has 0 saturated heterocycles. The largest absolute Gasteiger partial charge is 0.411 e. The summed E-state index contributed by atoms with van der Waals surface area (Å²) < 4.78 is 0. The summed E-state index contributed by atoms with van der Waals surface area (Å²) in [6, 6.07) is 20.9. The molecule has 20 heavy (non-hydrogen) atoms. The summed E-state index contributed by atoms with van der Waals surface area (Å²) in [5.41, 5.74) is 3.06. The summed E-state index contributed by atoms with van der Waals surface area (Å²) in [6.45, 7) is 0. The molecule has 0 spiro atoms. The third-order valence-corrected chi connectivity index (χ3v) is 4.36. The van der Waals surface area contributed by atoms with Crippen LogP contribution in [0.4, 0.5) is 0 Å². The second-order valence-electron chi connectivity index (χ2n) is 5.39. The van der Waals surface area contributed by atoms with Crippen molar-refractivity contribution in [1.82, 2.24) is 0 Å². The molecule has 1 fully saturated rings. The van der Waals surface area contributed by atoms with Gasteiger partial charge in [-0.3, -0.25) is 0 Å². The maximum Gasteiger partial charge on any atom is 0.0720 e. The number of oxime groups is 1. The van der Waals surface area contributed by atoms with Gasteiger partial charge in [0.15, 0.2) is 0 Å². The molecule has 3 rings (SSSR count). The molecule has 0 unspecified atom stereocenters. The topological polar surface area (TPSA) is 32.6 Å². The first-order chi connectivity index (χ1) is 9.88. The zero-order valence-corrected chi connectivity index (χ0v) is 11.5. The Hall–Kier alpha value is -2.09. The molecule has 1 saturated carbocycles. The minimum atomic E-state index is -0.268. The number of rotatable bonds is 2. The van der Waals surface area contributed by atoms with Crippen LogP contribution in [0.1, 0.15) is 36.8 Å². The van der Waals surface area contributed by atoms with Crippen LogP contribution in [0, 0.1) is 0 Å². The lowest BCUT2D eigenvalue weighted by Gasteiger charge is -2.39. The van der Waals surface area contributed by atoms with E-state index in [0.717, 1.165) is 31.4 Å². The first kappa shape index (κ1) is 12.9. The minimum absolute atomic E-state index is 0.268. The van der Waals surface area contributed by atoms with Crippen molar-refractivity contribution in [2.45, 2.75) is 31.1 Å². The smallest absolute Gasteiger partial charge is 0.0720 e. The van der Waals surface area contributed by atoms with Gasteiger partial charge in [-0.25, -0.2) is 0 Å². The second-order valence-corrected chi connectivity index (χ2v) is 5.39. The molecule has 0 aliphatic heterocycles. The highest BCUT2D eigenvalue weighted by Crippen LogP contribution is 2.43. The summed E-state index contributed by atoms with van der Waals surface area (Å²) in [5.74, 6) is 0. The van der Waals surface area contributed by atoms with Crippen LogP contribution in [0.2, 0.25) is 0 Å². The van der Waals surface area contributed by atoms with Gasteiger partial charge in [0.1, 0.15) is 0 Å². The third-order valence-electron chi connectivity index (χ3n) is 4.36. The number of nitrogens with zero attached hydrogens (tertiary/aromatic N) is 1. The van der Waals surface area contributed by atoms with Crippen LogP contribution in [0.15, 0.2) is 65.8 Å². The van der Waals surface area contributed by atoms with Crippen LogP contribution in [0.5, 0.6) is 0 Å². The predicted octanol–water partition coefficient (Wildman–Crippen LogP) is 4.38. The monoisotopic (exact) mass is 265 g/mol. The van der Waals surface area contributed by atoms with Gasteiger partial charge in [-0.15, -0.1) is 0 Å². The summed E-state index contributed by atoms with van der Waals surface area (Å²) in [6.07, 6.45) is 4.12. The lowest BCUT2D eigenvalue weighted by molar-refractivity contribution is 0.308. The average Bonchev–Trinajstić information content (AvgIpc) is 2.56. The number of benzene rings is 2. The van der Waals surface area contributed by atoms with Crippen LogP contribution in [-0.2, 0) is 5.41 Å². The molecule has 2 aromatic carbocycles. The number of hydrogen-bond donors (Lipinski definition) is 1. The van der Waals surface area contributed by atoms with Gasteiger partial charge in [0.05, 0.1) is 11.1 Å². The van der Waals surface area contributed by atoms with E-state index in [1.807, 2.05) is 12.1 Å². The zero-order chi connectivity index (χ0) is 13.8. The average molecular weight is 265 g/mol. The summed E-state index contributed by atoms with van der Waals surface area (Å²) >= 11 is 0. The van der Waals surface area contributed by atoms with E-state index in [2.05, 4.69) is 53.7 Å². The highest BCUT2D eigenvalue weighted by atomic mass is 16.4. The highest BCUT2D eigenvalue weighted by molar-refractivity contribution is 5.98. The molecule has 2 aromatic rings. The van der Waals surface area contributed by atoms with Crippen LogP contribution in [0.3, 0.4) is 0 Å². The molecule has 2 heteroatoms. The molecule has 0 bridgehead atoms. The van der Waals surface area contributed by atoms with Crippen LogP contribution in [-0.4, -0.2) is 10.9 Å². The number of hydrogen-bond acceptors (Lipinski definition) is 2. The fourth-order valence-electron chi connectivity index (χ4n) is 3.41. The van der Waals surface area contributed by atoms with E-state index in [9.17, 15) is 5.21 Å². The van der Waals surface area contributed by atoms with Crippen molar-refractivity contribution in [1.29, 1.82) is 0 Å². The Labute approximate surface area is 119 Å². The Morgan fingerprint density at radius 1 is 0.800 bits per heavy atom. The van der Waals surface area contributed by atoms with Gasteiger partial charge in [-0.1, -0.05) is 72.2 Å². The molecule has 1 N–H and O–H groups in total. The van der Waals surface area contributed by atoms with Gasteiger partial charge in [0.2, 0.25) is 0 Å². The van der Waals surface area contributed by atoms with E-state index in [0.29, 0.717) is 0 Å². The van der Waals surface area contributed by atoms with Crippen molar-refractivity contribution in [3.63, 3.8) is 0 Å². The molecule has 0 radical (unpaired) electrons. The molecule has 0 atom stereocenters. The van der Waals surface area contributed by atoms with Gasteiger partial charge >= 0.3 is 0 Å². The molecule has 102 valence electrons. The quantitative estimate of drug-likeness (QED) is 0.634. The molecule has 0 aromatic heterocycles. The first-order valence-corrected chi connectivity index (χ1v) is 7.20. The predicted molar refractivity (Wildman–Crippen MR) is 81.4 cm³/mol. The Kier molecular flexibility index (Phi) is 3.55. The van der Waals surface area contributed by atoms with Crippen molar-refractivity contribution in [2.24, 2.45) is 5.16 Å². The van der Waals surface area contributed by atoms with Crippen molar-refractivity contribution in [3.05, 3.63) is 71.8 Å². The molecule has 0 amide bonds. The van der Waals surface area contributed by atoms with Gasteiger partial charge in [-0.05, 0) is 30.4 Å². The Morgan fingerprint density at radius 3 is 1.85 bits per heavy atom. The van der Waals surface area contributed by atoms with Gasteiger partial charge in [-0.2, -0.15) is 0 Å². The lowest BCUT2D eigenvalue weighted by atomic mass is 9.64. The lowest BCUT2D eigenvalue weighted by Crippen LogP contribution is -2.40. The first-order valence-electron chi connectivity index (χ1n) is 7.20. The maximum absolute atomic E-state index is 9.54. The van der Waals surface area contributed by atoms with E-state index in [-0.39, 0.29) is 5.41 Å². The highest BCUT2D eigenvalue weighted by Gasteiger charge is 2.41. The fraction of sp³-hybridized carbons (Fsp3) is 0.278. The SMILES string of the molecule is ON=C1CCCCC1(c1ccccc1)c1ccccc1. The minimum Gasteiger partial charge on any atom is -0.411 e. The van der Waals surface area contributed by atoms with Crippen molar-refractivity contribution in [3.8, 4) is 0 Å². The molecular weight excluding hydrogens is 246 g/mol. The zero-order valence-electron chi connectivity index (χ0n) is 11.5. The maximum atomic E-state index is 9.54. The van der Waals surface area contributed by atoms with Crippen molar-refractivity contribution in [2.75, 3.05) is 0 Å². The normalized spacial score (nSPS) is 19.9. The van der Waals surface area contributed by atoms with Gasteiger partial charge in [0.25, 0.3) is 0 Å².